The third-order valence-corrected chi connectivity index (χ3v) is 4.46. The predicted molar refractivity (Wildman–Crippen MR) is 100.0 cm³/mol. The van der Waals surface area contributed by atoms with Gasteiger partial charge in [-0.05, 0) is 32.9 Å². The summed E-state index contributed by atoms with van der Waals surface area (Å²) in [5.41, 5.74) is 1.54. The van der Waals surface area contributed by atoms with Gasteiger partial charge in [-0.1, -0.05) is 29.8 Å². The molecule has 0 aliphatic carbocycles. The van der Waals surface area contributed by atoms with Crippen LogP contribution in [0.4, 0.5) is 0 Å². The summed E-state index contributed by atoms with van der Waals surface area (Å²) >= 11 is 0. The molecule has 27 heavy (non-hydrogen) atoms. The number of ether oxygens (including phenoxy) is 1. The molecule has 0 spiro atoms. The van der Waals surface area contributed by atoms with Crippen molar-refractivity contribution in [2.75, 3.05) is 13.2 Å². The van der Waals surface area contributed by atoms with E-state index in [9.17, 15) is 14.7 Å². The van der Waals surface area contributed by atoms with Crippen molar-refractivity contribution in [3.63, 3.8) is 0 Å². The summed E-state index contributed by atoms with van der Waals surface area (Å²) in [6, 6.07) is 9.71. The molecule has 1 atom stereocenters. The van der Waals surface area contributed by atoms with Crippen LogP contribution in [0, 0.1) is 6.92 Å². The van der Waals surface area contributed by atoms with Gasteiger partial charge in [0.25, 0.3) is 11.7 Å². The largest absolute Gasteiger partial charge is 0.507 e. The molecule has 0 bridgehead atoms. The maximum atomic E-state index is 12.7. The lowest BCUT2D eigenvalue weighted by atomic mass is 9.99. The second-order valence-electron chi connectivity index (χ2n) is 6.79. The zero-order chi connectivity index (χ0) is 19.6. The van der Waals surface area contributed by atoms with Crippen LogP contribution in [0.1, 0.15) is 36.8 Å². The summed E-state index contributed by atoms with van der Waals surface area (Å²) in [6.45, 7) is 6.23. The zero-order valence-electron chi connectivity index (χ0n) is 15.6. The number of furan rings is 1. The van der Waals surface area contributed by atoms with E-state index in [2.05, 4.69) is 0 Å². The van der Waals surface area contributed by atoms with Crippen molar-refractivity contribution in [1.82, 2.24) is 4.90 Å². The highest BCUT2D eigenvalue weighted by molar-refractivity contribution is 6.46. The smallest absolute Gasteiger partial charge is 0.295 e. The second-order valence-corrected chi connectivity index (χ2v) is 6.79. The van der Waals surface area contributed by atoms with E-state index in [0.717, 1.165) is 5.56 Å². The highest BCUT2D eigenvalue weighted by Gasteiger charge is 2.47. The summed E-state index contributed by atoms with van der Waals surface area (Å²) in [6.07, 6.45) is 1.49. The molecular weight excluding hydrogens is 346 g/mol. The van der Waals surface area contributed by atoms with Crippen molar-refractivity contribution < 1.29 is 23.8 Å². The molecule has 1 aliphatic heterocycles. The van der Waals surface area contributed by atoms with Crippen LogP contribution in [-0.2, 0) is 14.3 Å². The lowest BCUT2D eigenvalue weighted by Gasteiger charge is -2.23. The predicted octanol–water partition coefficient (Wildman–Crippen LogP) is 3.43. The van der Waals surface area contributed by atoms with Gasteiger partial charge in [-0.15, -0.1) is 0 Å². The summed E-state index contributed by atoms with van der Waals surface area (Å²) in [5, 5.41) is 10.8. The summed E-state index contributed by atoms with van der Waals surface area (Å²) in [7, 11) is 0. The van der Waals surface area contributed by atoms with Crippen LogP contribution in [0.15, 0.2) is 52.7 Å². The zero-order valence-corrected chi connectivity index (χ0v) is 15.6. The number of hydrogen-bond acceptors (Lipinski definition) is 5. The fraction of sp³-hybridized carbons (Fsp3) is 0.333. The lowest BCUT2D eigenvalue weighted by molar-refractivity contribution is -0.140. The van der Waals surface area contributed by atoms with E-state index in [1.54, 1.807) is 24.3 Å². The number of carbonyl (C=O) groups is 2. The normalized spacial score (nSPS) is 19.3. The monoisotopic (exact) mass is 369 g/mol. The molecule has 1 aliphatic rings. The molecule has 1 aromatic carbocycles. The molecule has 6 nitrogen and oxygen atoms in total. The number of rotatable bonds is 6. The van der Waals surface area contributed by atoms with Crippen LogP contribution in [0.3, 0.4) is 0 Å². The third-order valence-electron chi connectivity index (χ3n) is 4.46. The van der Waals surface area contributed by atoms with E-state index in [1.807, 2.05) is 32.9 Å². The lowest BCUT2D eigenvalue weighted by Crippen LogP contribution is -2.33. The number of amides is 1. The number of likely N-dealkylation sites (tertiary alicyclic amines) is 1. The third kappa shape index (κ3) is 3.80. The molecule has 1 fully saturated rings. The van der Waals surface area contributed by atoms with E-state index in [1.165, 1.54) is 11.2 Å². The van der Waals surface area contributed by atoms with Crippen molar-refractivity contribution in [3.8, 4) is 0 Å². The van der Waals surface area contributed by atoms with Gasteiger partial charge in [-0.25, -0.2) is 0 Å². The van der Waals surface area contributed by atoms with Crippen molar-refractivity contribution >= 4 is 17.4 Å². The summed E-state index contributed by atoms with van der Waals surface area (Å²) in [5.74, 6) is -1.18. The van der Waals surface area contributed by atoms with Gasteiger partial charge in [0.2, 0.25) is 0 Å². The Morgan fingerprint density at radius 1 is 1.22 bits per heavy atom. The Kier molecular flexibility index (Phi) is 5.46. The number of aliphatic hydroxyl groups is 1. The number of hydrogen-bond donors (Lipinski definition) is 1. The molecule has 2 heterocycles. The van der Waals surface area contributed by atoms with E-state index in [4.69, 9.17) is 9.15 Å². The fourth-order valence-corrected chi connectivity index (χ4v) is 3.11. The van der Waals surface area contributed by atoms with E-state index < -0.39 is 17.7 Å². The summed E-state index contributed by atoms with van der Waals surface area (Å²) in [4.78, 5) is 26.7. The van der Waals surface area contributed by atoms with Crippen LogP contribution < -0.4 is 0 Å². The number of Topliss-reactive ketones (excluding diaryl/α,β-unsaturated/α-hetero) is 1. The Hall–Kier alpha value is -2.86. The van der Waals surface area contributed by atoms with Crippen molar-refractivity contribution in [3.05, 3.63) is 65.1 Å². The number of nitrogens with zero attached hydrogens (tertiary/aromatic N) is 1. The fourth-order valence-electron chi connectivity index (χ4n) is 3.11. The Bertz CT molecular complexity index is 849. The van der Waals surface area contributed by atoms with Crippen LogP contribution in [-0.4, -0.2) is 41.0 Å². The standard InChI is InChI=1S/C21H23NO5/c1-13(2)26-12-10-22-18(16-5-4-11-27-16)17(20(24)21(22)25)19(23)15-8-6-14(3)7-9-15/h4-9,11,13,18,23H,10,12H2,1-3H3/b19-17-. The average Bonchev–Trinajstić information content (AvgIpc) is 3.24. The van der Waals surface area contributed by atoms with E-state index >= 15 is 0 Å². The molecule has 6 heteroatoms. The van der Waals surface area contributed by atoms with Gasteiger partial charge in [0.15, 0.2) is 0 Å². The average molecular weight is 369 g/mol. The van der Waals surface area contributed by atoms with Gasteiger partial charge in [0.05, 0.1) is 24.5 Å². The first-order valence-electron chi connectivity index (χ1n) is 8.90. The quantitative estimate of drug-likeness (QED) is 0.479. The van der Waals surface area contributed by atoms with Gasteiger partial charge in [-0.3, -0.25) is 9.59 Å². The van der Waals surface area contributed by atoms with E-state index in [0.29, 0.717) is 11.3 Å². The highest BCUT2D eigenvalue weighted by Crippen LogP contribution is 2.39. The van der Waals surface area contributed by atoms with Crippen LogP contribution in [0.5, 0.6) is 0 Å². The van der Waals surface area contributed by atoms with Gasteiger partial charge >= 0.3 is 0 Å². The maximum Gasteiger partial charge on any atom is 0.295 e. The first kappa shape index (κ1) is 18.9. The Labute approximate surface area is 158 Å². The molecule has 1 unspecified atom stereocenters. The SMILES string of the molecule is Cc1ccc(/C(O)=C2/C(=O)C(=O)N(CCOC(C)C)C2c2ccco2)cc1. The van der Waals surface area contributed by atoms with Crippen LogP contribution >= 0.6 is 0 Å². The van der Waals surface area contributed by atoms with E-state index in [-0.39, 0.29) is 30.6 Å². The second kappa shape index (κ2) is 7.80. The molecule has 3 rings (SSSR count). The van der Waals surface area contributed by atoms with Crippen LogP contribution in [0.2, 0.25) is 0 Å². The molecule has 1 saturated heterocycles. The Balaban J connectivity index is 2.03. The molecular formula is C21H23NO5. The van der Waals surface area contributed by atoms with Crippen molar-refractivity contribution in [1.29, 1.82) is 0 Å². The Morgan fingerprint density at radius 2 is 1.93 bits per heavy atom. The number of aliphatic hydroxyl groups excluding tert-OH is 1. The molecule has 1 N–H and O–H groups in total. The van der Waals surface area contributed by atoms with Crippen LogP contribution in [0.25, 0.3) is 5.76 Å². The number of carbonyl (C=O) groups excluding carboxylic acids is 2. The van der Waals surface area contributed by atoms with Gasteiger partial charge in [-0.2, -0.15) is 0 Å². The van der Waals surface area contributed by atoms with Gasteiger partial charge in [0, 0.05) is 12.1 Å². The molecule has 0 radical (unpaired) electrons. The number of benzene rings is 1. The first-order chi connectivity index (χ1) is 12.9. The van der Waals surface area contributed by atoms with Crippen molar-refractivity contribution in [2.24, 2.45) is 0 Å². The summed E-state index contributed by atoms with van der Waals surface area (Å²) < 4.78 is 11.0. The molecule has 142 valence electrons. The van der Waals surface area contributed by atoms with Gasteiger partial charge < -0.3 is 19.2 Å². The first-order valence-corrected chi connectivity index (χ1v) is 8.90. The molecule has 0 saturated carbocycles. The minimum Gasteiger partial charge on any atom is -0.507 e. The van der Waals surface area contributed by atoms with Gasteiger partial charge in [0.1, 0.15) is 17.6 Å². The number of aryl methyl sites for hydroxylation is 1. The maximum absolute atomic E-state index is 12.7. The molecule has 1 aromatic heterocycles. The highest BCUT2D eigenvalue weighted by atomic mass is 16.5. The minimum absolute atomic E-state index is 0.0106. The molecule has 2 aromatic rings. The minimum atomic E-state index is -0.780. The Morgan fingerprint density at radius 3 is 2.52 bits per heavy atom. The van der Waals surface area contributed by atoms with Crippen molar-refractivity contribution in [2.45, 2.75) is 32.9 Å². The molecule has 1 amide bonds. The topological polar surface area (TPSA) is 80.0 Å². The number of ketones is 1.